The summed E-state index contributed by atoms with van der Waals surface area (Å²) in [5.41, 5.74) is -0.373. The summed E-state index contributed by atoms with van der Waals surface area (Å²) in [6.45, 7) is 1.39. The molecule has 2 aliphatic heterocycles. The quantitative estimate of drug-likeness (QED) is 0.529. The SMILES string of the molecule is O=S(=O)(c1cccc(C(F)(F)F)c1)N1CCN2C[C@@H](OCc3ccc(OC(F)(F)F)cc3)C[C@H]2C1. The summed E-state index contributed by atoms with van der Waals surface area (Å²) in [5.74, 6) is -0.332. The van der Waals surface area contributed by atoms with Gasteiger partial charge in [0.1, 0.15) is 5.75 Å². The summed E-state index contributed by atoms with van der Waals surface area (Å²) in [7, 11) is -4.10. The van der Waals surface area contributed by atoms with Crippen LogP contribution in [0.5, 0.6) is 5.75 Å². The molecule has 2 saturated heterocycles. The molecular formula is C22H22F6N2O4S. The van der Waals surface area contributed by atoms with Gasteiger partial charge in [0.25, 0.3) is 0 Å². The Kier molecular flexibility index (Phi) is 7.06. The van der Waals surface area contributed by atoms with E-state index >= 15 is 0 Å². The highest BCUT2D eigenvalue weighted by Crippen LogP contribution is 2.33. The van der Waals surface area contributed by atoms with Crippen LogP contribution in [0.2, 0.25) is 0 Å². The number of benzene rings is 2. The molecule has 2 aromatic carbocycles. The largest absolute Gasteiger partial charge is 0.573 e. The lowest BCUT2D eigenvalue weighted by atomic mass is 10.1. The number of ether oxygens (including phenoxy) is 2. The maximum atomic E-state index is 13.0. The second-order valence-electron chi connectivity index (χ2n) is 8.40. The minimum Gasteiger partial charge on any atom is -0.406 e. The highest BCUT2D eigenvalue weighted by molar-refractivity contribution is 7.89. The third kappa shape index (κ3) is 6.26. The Labute approximate surface area is 198 Å². The monoisotopic (exact) mass is 524 g/mol. The van der Waals surface area contributed by atoms with Crippen molar-refractivity contribution in [2.45, 2.75) is 42.6 Å². The molecule has 2 atom stereocenters. The summed E-state index contributed by atoms with van der Waals surface area (Å²) < 4.78 is 113. The molecule has 0 aliphatic carbocycles. The fraction of sp³-hybridized carbons (Fsp3) is 0.455. The van der Waals surface area contributed by atoms with Gasteiger partial charge in [0, 0.05) is 32.2 Å². The lowest BCUT2D eigenvalue weighted by Crippen LogP contribution is -2.51. The van der Waals surface area contributed by atoms with Crippen LogP contribution in [-0.2, 0) is 27.5 Å². The van der Waals surface area contributed by atoms with Gasteiger partial charge in [-0.2, -0.15) is 17.5 Å². The van der Waals surface area contributed by atoms with Crippen molar-refractivity contribution in [3.05, 3.63) is 59.7 Å². The first-order valence-corrected chi connectivity index (χ1v) is 12.1. The van der Waals surface area contributed by atoms with Crippen molar-refractivity contribution in [1.29, 1.82) is 0 Å². The number of piperazine rings is 1. The Bertz CT molecular complexity index is 1140. The molecule has 0 N–H and O–H groups in total. The number of hydrogen-bond donors (Lipinski definition) is 0. The van der Waals surface area contributed by atoms with Crippen molar-refractivity contribution in [2.24, 2.45) is 0 Å². The highest BCUT2D eigenvalue weighted by Gasteiger charge is 2.41. The van der Waals surface area contributed by atoms with Crippen LogP contribution >= 0.6 is 0 Å². The molecule has 0 saturated carbocycles. The summed E-state index contributed by atoms with van der Waals surface area (Å²) in [6, 6.07) is 8.87. The van der Waals surface area contributed by atoms with Crippen LogP contribution in [0.15, 0.2) is 53.4 Å². The second-order valence-corrected chi connectivity index (χ2v) is 10.3. The van der Waals surface area contributed by atoms with E-state index in [1.165, 1.54) is 28.6 Å². The lowest BCUT2D eigenvalue weighted by Gasteiger charge is -2.36. The molecule has 6 nitrogen and oxygen atoms in total. The zero-order valence-electron chi connectivity index (χ0n) is 18.2. The Morgan fingerprint density at radius 3 is 2.31 bits per heavy atom. The summed E-state index contributed by atoms with van der Waals surface area (Å²) in [6.07, 6.45) is -9.12. The molecule has 2 heterocycles. The zero-order chi connectivity index (χ0) is 25.4. The molecule has 0 spiro atoms. The highest BCUT2D eigenvalue weighted by atomic mass is 32.2. The van der Waals surface area contributed by atoms with Crippen molar-refractivity contribution in [2.75, 3.05) is 26.2 Å². The van der Waals surface area contributed by atoms with E-state index in [1.54, 1.807) is 0 Å². The van der Waals surface area contributed by atoms with E-state index in [4.69, 9.17) is 4.74 Å². The smallest absolute Gasteiger partial charge is 0.406 e. The Morgan fingerprint density at radius 2 is 1.66 bits per heavy atom. The van der Waals surface area contributed by atoms with Gasteiger partial charge in [0.05, 0.1) is 23.2 Å². The molecule has 13 heteroatoms. The number of nitrogens with zero attached hydrogens (tertiary/aromatic N) is 2. The average Bonchev–Trinajstić information content (AvgIpc) is 3.19. The van der Waals surface area contributed by atoms with Gasteiger partial charge in [-0.1, -0.05) is 18.2 Å². The van der Waals surface area contributed by atoms with E-state index < -0.39 is 33.0 Å². The van der Waals surface area contributed by atoms with Gasteiger partial charge in [0.15, 0.2) is 0 Å². The van der Waals surface area contributed by atoms with Crippen LogP contribution in [0, 0.1) is 0 Å². The van der Waals surface area contributed by atoms with E-state index in [-0.39, 0.29) is 37.6 Å². The predicted octanol–water partition coefficient (Wildman–Crippen LogP) is 4.27. The van der Waals surface area contributed by atoms with Crippen LogP contribution in [-0.4, -0.2) is 62.3 Å². The normalized spacial score (nSPS) is 22.2. The molecule has 0 bridgehead atoms. The van der Waals surface area contributed by atoms with Gasteiger partial charge in [-0.15, -0.1) is 13.2 Å². The number of rotatable bonds is 6. The van der Waals surface area contributed by atoms with Crippen molar-refractivity contribution in [3.63, 3.8) is 0 Å². The Morgan fingerprint density at radius 1 is 0.943 bits per heavy atom. The van der Waals surface area contributed by atoms with Gasteiger partial charge in [0.2, 0.25) is 10.0 Å². The van der Waals surface area contributed by atoms with Crippen LogP contribution in [0.1, 0.15) is 17.5 Å². The molecule has 192 valence electrons. The molecule has 4 rings (SSSR count). The first-order chi connectivity index (χ1) is 16.3. The lowest BCUT2D eigenvalue weighted by molar-refractivity contribution is -0.274. The number of alkyl halides is 6. The van der Waals surface area contributed by atoms with E-state index in [9.17, 15) is 34.8 Å². The maximum Gasteiger partial charge on any atom is 0.573 e. The van der Waals surface area contributed by atoms with Crippen LogP contribution in [0.3, 0.4) is 0 Å². The van der Waals surface area contributed by atoms with Crippen molar-refractivity contribution in [3.8, 4) is 5.75 Å². The first-order valence-electron chi connectivity index (χ1n) is 10.7. The molecule has 2 aliphatic rings. The van der Waals surface area contributed by atoms with E-state index in [0.717, 1.165) is 18.2 Å². The van der Waals surface area contributed by atoms with E-state index in [2.05, 4.69) is 9.64 Å². The molecule has 2 fully saturated rings. The maximum absolute atomic E-state index is 13.0. The molecular weight excluding hydrogens is 502 g/mol. The molecule has 35 heavy (non-hydrogen) atoms. The first kappa shape index (κ1) is 25.7. The van der Waals surface area contributed by atoms with Gasteiger partial charge in [-0.3, -0.25) is 4.90 Å². The number of hydrogen-bond acceptors (Lipinski definition) is 5. The van der Waals surface area contributed by atoms with Gasteiger partial charge < -0.3 is 9.47 Å². The van der Waals surface area contributed by atoms with Gasteiger partial charge >= 0.3 is 12.5 Å². The van der Waals surface area contributed by atoms with E-state index in [0.29, 0.717) is 31.1 Å². The third-order valence-electron chi connectivity index (χ3n) is 5.98. The van der Waals surface area contributed by atoms with Crippen LogP contribution < -0.4 is 4.74 Å². The minimum atomic E-state index is -4.77. The third-order valence-corrected chi connectivity index (χ3v) is 7.84. The second kappa shape index (κ2) is 9.60. The Hall–Kier alpha value is -2.35. The van der Waals surface area contributed by atoms with Crippen LogP contribution in [0.25, 0.3) is 0 Å². The van der Waals surface area contributed by atoms with Crippen LogP contribution in [0.4, 0.5) is 26.3 Å². The average molecular weight is 524 g/mol. The van der Waals surface area contributed by atoms with E-state index in [1.807, 2.05) is 0 Å². The van der Waals surface area contributed by atoms with Gasteiger partial charge in [-0.25, -0.2) is 8.42 Å². The number of sulfonamides is 1. The standard InChI is InChI=1S/C22H22F6N2O4S/c23-21(24,25)16-2-1-3-20(10-16)35(31,32)30-9-8-29-13-19(11-17(29)12-30)33-14-15-4-6-18(7-5-15)34-22(26,27)28/h1-7,10,17,19H,8-9,11-14H2/t17-,19-/m0/s1. The minimum absolute atomic E-state index is 0.127. The molecule has 2 aromatic rings. The van der Waals surface area contributed by atoms with Crippen molar-refractivity contribution < 1.29 is 44.2 Å². The fourth-order valence-electron chi connectivity index (χ4n) is 4.29. The molecule has 0 unspecified atom stereocenters. The fourth-order valence-corrected chi connectivity index (χ4v) is 5.81. The summed E-state index contributed by atoms with van der Waals surface area (Å²) in [5, 5.41) is 0. The van der Waals surface area contributed by atoms with Crippen molar-refractivity contribution in [1.82, 2.24) is 9.21 Å². The zero-order valence-corrected chi connectivity index (χ0v) is 19.0. The Balaban J connectivity index is 1.34. The summed E-state index contributed by atoms with van der Waals surface area (Å²) >= 11 is 0. The van der Waals surface area contributed by atoms with Gasteiger partial charge in [-0.05, 0) is 42.3 Å². The molecule has 0 aromatic heterocycles. The van der Waals surface area contributed by atoms with Crippen molar-refractivity contribution >= 4 is 10.0 Å². The number of halogens is 6. The molecule has 0 amide bonds. The summed E-state index contributed by atoms with van der Waals surface area (Å²) in [4.78, 5) is 1.67. The molecule has 0 radical (unpaired) electrons. The number of fused-ring (bicyclic) bond motifs is 1. The topological polar surface area (TPSA) is 59.1 Å². The predicted molar refractivity (Wildman–Crippen MR) is 112 cm³/mol.